The molecule has 0 unspecified atom stereocenters. The molecule has 5 heteroatoms. The van der Waals surface area contributed by atoms with Crippen LogP contribution in [0.3, 0.4) is 0 Å². The molecule has 0 N–H and O–H groups in total. The van der Waals surface area contributed by atoms with Crippen molar-refractivity contribution in [2.24, 2.45) is 0 Å². The van der Waals surface area contributed by atoms with Crippen LogP contribution in [0.5, 0.6) is 0 Å². The third-order valence-corrected chi connectivity index (χ3v) is 2.52. The molecule has 1 aliphatic rings. The molecule has 0 saturated heterocycles. The summed E-state index contributed by atoms with van der Waals surface area (Å²) < 4.78 is 5.13. The molecule has 1 aliphatic carbocycles. The number of fused-ring (bicyclic) bond motifs is 1. The highest BCUT2D eigenvalue weighted by atomic mass is 35.5. The molecule has 3 rings (SSSR count). The van der Waals surface area contributed by atoms with Gasteiger partial charge in [0.2, 0.25) is 12.3 Å². The smallest absolute Gasteiger partial charge is 0.243 e. The van der Waals surface area contributed by atoms with Gasteiger partial charge in [-0.25, -0.2) is 4.98 Å². The largest absolute Gasteiger partial charge is 0.424 e. The molecule has 74 valence electrons. The van der Waals surface area contributed by atoms with E-state index in [1.54, 1.807) is 6.07 Å². The summed E-state index contributed by atoms with van der Waals surface area (Å²) in [5, 5.41) is 8.00. The second kappa shape index (κ2) is 3.17. The highest BCUT2D eigenvalue weighted by Crippen LogP contribution is 2.29. The first kappa shape index (κ1) is 8.61. The summed E-state index contributed by atoms with van der Waals surface area (Å²) in [6.45, 7) is 0. The van der Waals surface area contributed by atoms with Crippen molar-refractivity contribution < 1.29 is 4.42 Å². The Labute approximate surface area is 90.6 Å². The van der Waals surface area contributed by atoms with Gasteiger partial charge in [0.05, 0.1) is 5.69 Å². The van der Waals surface area contributed by atoms with Crippen LogP contribution in [0.1, 0.15) is 17.1 Å². The Balaban J connectivity index is 2.04. The van der Waals surface area contributed by atoms with E-state index in [9.17, 15) is 0 Å². The molecule has 0 aliphatic heterocycles. The van der Waals surface area contributed by atoms with Crippen LogP contribution in [0.15, 0.2) is 22.9 Å². The lowest BCUT2D eigenvalue weighted by Gasteiger charge is -1.96. The standard InChI is InChI=1S/C10H6ClN3O/c11-9-2-1-6-3-7(4-8(6)13-9)10-14-12-5-15-10/h1-2,4-5H,3H2. The number of halogens is 1. The number of pyridine rings is 1. The van der Waals surface area contributed by atoms with E-state index in [-0.39, 0.29) is 0 Å². The van der Waals surface area contributed by atoms with E-state index in [1.807, 2.05) is 12.1 Å². The average molecular weight is 220 g/mol. The third-order valence-electron chi connectivity index (χ3n) is 2.30. The van der Waals surface area contributed by atoms with Crippen LogP contribution < -0.4 is 0 Å². The maximum Gasteiger partial charge on any atom is 0.243 e. The van der Waals surface area contributed by atoms with Crippen LogP contribution in [0.2, 0.25) is 5.15 Å². The zero-order chi connectivity index (χ0) is 10.3. The Hall–Kier alpha value is -1.68. The van der Waals surface area contributed by atoms with Gasteiger partial charge in [0, 0.05) is 12.0 Å². The summed E-state index contributed by atoms with van der Waals surface area (Å²) in [4.78, 5) is 4.21. The van der Waals surface area contributed by atoms with Crippen molar-refractivity contribution in [3.63, 3.8) is 0 Å². The van der Waals surface area contributed by atoms with Crippen molar-refractivity contribution >= 4 is 23.3 Å². The zero-order valence-electron chi connectivity index (χ0n) is 7.64. The van der Waals surface area contributed by atoms with Crippen molar-refractivity contribution in [1.29, 1.82) is 0 Å². The highest BCUT2D eigenvalue weighted by Gasteiger charge is 2.18. The van der Waals surface area contributed by atoms with Crippen LogP contribution in [-0.4, -0.2) is 15.2 Å². The minimum Gasteiger partial charge on any atom is -0.424 e. The molecule has 2 aromatic rings. The Kier molecular flexibility index (Phi) is 1.82. The van der Waals surface area contributed by atoms with E-state index in [0.29, 0.717) is 11.0 Å². The summed E-state index contributed by atoms with van der Waals surface area (Å²) >= 11 is 5.80. The van der Waals surface area contributed by atoms with Gasteiger partial charge in [-0.1, -0.05) is 17.7 Å². The van der Waals surface area contributed by atoms with Crippen LogP contribution in [0.25, 0.3) is 11.6 Å². The lowest BCUT2D eigenvalue weighted by atomic mass is 10.1. The van der Waals surface area contributed by atoms with Crippen molar-refractivity contribution in [2.75, 3.05) is 0 Å². The van der Waals surface area contributed by atoms with Crippen molar-refractivity contribution in [3.8, 4) is 0 Å². The van der Waals surface area contributed by atoms with Gasteiger partial charge in [0.1, 0.15) is 5.15 Å². The molecular weight excluding hydrogens is 214 g/mol. The van der Waals surface area contributed by atoms with Gasteiger partial charge < -0.3 is 4.42 Å². The number of nitrogens with zero attached hydrogens (tertiary/aromatic N) is 3. The topological polar surface area (TPSA) is 51.8 Å². The molecule has 0 amide bonds. The molecule has 0 aromatic carbocycles. The van der Waals surface area contributed by atoms with Gasteiger partial charge in [-0.05, 0) is 17.7 Å². The molecular formula is C10H6ClN3O. The van der Waals surface area contributed by atoms with Gasteiger partial charge >= 0.3 is 0 Å². The third kappa shape index (κ3) is 1.43. The zero-order valence-corrected chi connectivity index (χ0v) is 8.40. The van der Waals surface area contributed by atoms with E-state index in [2.05, 4.69) is 15.2 Å². The Morgan fingerprint density at radius 3 is 3.07 bits per heavy atom. The Morgan fingerprint density at radius 2 is 2.27 bits per heavy atom. The number of allylic oxidation sites excluding steroid dienone is 1. The summed E-state index contributed by atoms with van der Waals surface area (Å²) in [6.07, 6.45) is 4.01. The first-order valence-corrected chi connectivity index (χ1v) is 4.83. The van der Waals surface area contributed by atoms with Crippen LogP contribution in [0, 0.1) is 0 Å². The average Bonchev–Trinajstić information content (AvgIpc) is 2.84. The summed E-state index contributed by atoms with van der Waals surface area (Å²) in [6, 6.07) is 3.75. The summed E-state index contributed by atoms with van der Waals surface area (Å²) in [5.74, 6) is 0.545. The molecule has 0 spiro atoms. The lowest BCUT2D eigenvalue weighted by molar-refractivity contribution is 0.537. The van der Waals surface area contributed by atoms with Gasteiger partial charge in [-0.3, -0.25) is 0 Å². The van der Waals surface area contributed by atoms with E-state index >= 15 is 0 Å². The van der Waals surface area contributed by atoms with E-state index in [0.717, 1.165) is 23.3 Å². The van der Waals surface area contributed by atoms with Crippen molar-refractivity contribution in [2.45, 2.75) is 6.42 Å². The van der Waals surface area contributed by atoms with Gasteiger partial charge in [0.15, 0.2) is 0 Å². The first-order chi connectivity index (χ1) is 7.33. The van der Waals surface area contributed by atoms with Gasteiger partial charge in [-0.15, -0.1) is 10.2 Å². The second-order valence-corrected chi connectivity index (χ2v) is 3.66. The second-order valence-electron chi connectivity index (χ2n) is 3.27. The quantitative estimate of drug-likeness (QED) is 0.690. The molecule has 0 atom stereocenters. The van der Waals surface area contributed by atoms with E-state index in [1.165, 1.54) is 6.39 Å². The predicted molar refractivity (Wildman–Crippen MR) is 55.1 cm³/mol. The number of hydrogen-bond acceptors (Lipinski definition) is 4. The molecule has 2 heterocycles. The molecule has 0 bridgehead atoms. The predicted octanol–water partition coefficient (Wildman–Crippen LogP) is 2.21. The molecule has 15 heavy (non-hydrogen) atoms. The summed E-state index contributed by atoms with van der Waals surface area (Å²) in [5.41, 5.74) is 3.00. The fourth-order valence-electron chi connectivity index (χ4n) is 1.62. The Morgan fingerprint density at radius 1 is 1.33 bits per heavy atom. The Bertz CT molecular complexity index is 534. The van der Waals surface area contributed by atoms with Crippen LogP contribution in [-0.2, 0) is 6.42 Å². The van der Waals surface area contributed by atoms with Crippen molar-refractivity contribution in [1.82, 2.24) is 15.2 Å². The normalized spacial score (nSPS) is 13.8. The minimum atomic E-state index is 0.497. The fraction of sp³-hybridized carbons (Fsp3) is 0.100. The minimum absolute atomic E-state index is 0.497. The SMILES string of the molecule is Clc1ccc2c(n1)C=C(c1nnco1)C2. The molecule has 0 fully saturated rings. The molecule has 4 nitrogen and oxygen atoms in total. The highest BCUT2D eigenvalue weighted by molar-refractivity contribution is 6.29. The van der Waals surface area contributed by atoms with Gasteiger partial charge in [0.25, 0.3) is 0 Å². The number of hydrogen-bond donors (Lipinski definition) is 0. The molecule has 0 saturated carbocycles. The maximum atomic E-state index is 5.80. The first-order valence-electron chi connectivity index (χ1n) is 4.45. The molecule has 0 radical (unpaired) electrons. The lowest BCUT2D eigenvalue weighted by Crippen LogP contribution is -1.87. The monoisotopic (exact) mass is 219 g/mol. The molecule has 2 aromatic heterocycles. The summed E-state index contributed by atoms with van der Waals surface area (Å²) in [7, 11) is 0. The maximum absolute atomic E-state index is 5.80. The number of rotatable bonds is 1. The van der Waals surface area contributed by atoms with Crippen molar-refractivity contribution in [3.05, 3.63) is 40.8 Å². The van der Waals surface area contributed by atoms with Gasteiger partial charge in [-0.2, -0.15) is 0 Å². The van der Waals surface area contributed by atoms with E-state index < -0.39 is 0 Å². The van der Waals surface area contributed by atoms with Crippen LogP contribution in [0.4, 0.5) is 0 Å². The fourth-order valence-corrected chi connectivity index (χ4v) is 1.78. The number of aromatic nitrogens is 3. The van der Waals surface area contributed by atoms with Crippen LogP contribution >= 0.6 is 11.6 Å². The van der Waals surface area contributed by atoms with E-state index in [4.69, 9.17) is 16.0 Å².